The van der Waals surface area contributed by atoms with Crippen LogP contribution in [-0.4, -0.2) is 46.3 Å². The van der Waals surface area contributed by atoms with E-state index in [0.717, 1.165) is 6.54 Å². The van der Waals surface area contributed by atoms with E-state index in [2.05, 4.69) is 27.2 Å². The average molecular weight is 261 g/mol. The molecule has 2 rings (SSSR count). The molecule has 1 atom stereocenters. The number of aryl methyl sites for hydroxylation is 1. The van der Waals surface area contributed by atoms with E-state index in [4.69, 9.17) is 0 Å². The molecule has 6 heteroatoms. The highest BCUT2D eigenvalue weighted by Gasteiger charge is 2.11. The summed E-state index contributed by atoms with van der Waals surface area (Å²) in [5.74, 6) is 0.645. The molecule has 0 spiro atoms. The van der Waals surface area contributed by atoms with Crippen LogP contribution >= 0.6 is 0 Å². The number of hydrogen-bond acceptors (Lipinski definition) is 5. The van der Waals surface area contributed by atoms with Gasteiger partial charge in [-0.15, -0.1) is 0 Å². The fourth-order valence-electron chi connectivity index (χ4n) is 1.73. The van der Waals surface area contributed by atoms with Gasteiger partial charge in [-0.3, -0.25) is 9.78 Å². The summed E-state index contributed by atoms with van der Waals surface area (Å²) >= 11 is 0. The second kappa shape index (κ2) is 5.36. The summed E-state index contributed by atoms with van der Waals surface area (Å²) in [5, 5.41) is 8.09. The van der Waals surface area contributed by atoms with E-state index in [1.807, 2.05) is 14.1 Å². The summed E-state index contributed by atoms with van der Waals surface area (Å²) in [6, 6.07) is 3.89. The van der Waals surface area contributed by atoms with Crippen LogP contribution in [0.1, 0.15) is 6.92 Å². The summed E-state index contributed by atoms with van der Waals surface area (Å²) < 4.78 is 1.34. The van der Waals surface area contributed by atoms with Crippen molar-refractivity contribution in [3.63, 3.8) is 0 Å². The van der Waals surface area contributed by atoms with Crippen molar-refractivity contribution in [2.45, 2.75) is 13.0 Å². The number of fused-ring (bicyclic) bond motifs is 1. The Hall–Kier alpha value is -1.95. The number of likely N-dealkylation sites (N-methyl/N-ethyl adjacent to an activating group) is 1. The highest BCUT2D eigenvalue weighted by atomic mass is 16.1. The van der Waals surface area contributed by atoms with E-state index >= 15 is 0 Å². The van der Waals surface area contributed by atoms with Crippen LogP contribution in [0.5, 0.6) is 0 Å². The normalized spacial score (nSPS) is 12.9. The molecule has 1 N–H and O–H groups in total. The maximum absolute atomic E-state index is 12.0. The van der Waals surface area contributed by atoms with Crippen molar-refractivity contribution in [2.75, 3.05) is 26.0 Å². The summed E-state index contributed by atoms with van der Waals surface area (Å²) in [6.07, 6.45) is 1.67. The topological polar surface area (TPSA) is 63.1 Å². The van der Waals surface area contributed by atoms with Crippen LogP contribution in [-0.2, 0) is 7.05 Å². The number of aromatic nitrogens is 3. The number of nitrogens with one attached hydrogen (secondary N) is 1. The minimum absolute atomic E-state index is 0.130. The molecule has 0 radical (unpaired) electrons. The molecule has 0 fully saturated rings. The van der Waals surface area contributed by atoms with Crippen LogP contribution in [0.3, 0.4) is 0 Å². The van der Waals surface area contributed by atoms with Gasteiger partial charge in [0.1, 0.15) is 5.52 Å². The lowest BCUT2D eigenvalue weighted by Crippen LogP contribution is -2.32. The lowest BCUT2D eigenvalue weighted by Gasteiger charge is -2.20. The van der Waals surface area contributed by atoms with Crippen molar-refractivity contribution in [1.82, 2.24) is 19.7 Å². The highest BCUT2D eigenvalue weighted by Crippen LogP contribution is 2.14. The van der Waals surface area contributed by atoms with E-state index in [-0.39, 0.29) is 5.56 Å². The second-order valence-electron chi connectivity index (χ2n) is 4.87. The molecule has 0 aliphatic heterocycles. The number of pyridine rings is 1. The van der Waals surface area contributed by atoms with E-state index in [1.54, 1.807) is 25.4 Å². The smallest absolute Gasteiger partial charge is 0.276 e. The van der Waals surface area contributed by atoms with E-state index < -0.39 is 0 Å². The Labute approximate surface area is 112 Å². The SMILES string of the molecule is C[C@@H](CNc1nn(C)c(=O)c2cccnc12)N(C)C. The quantitative estimate of drug-likeness (QED) is 0.877. The zero-order valence-electron chi connectivity index (χ0n) is 11.7. The van der Waals surface area contributed by atoms with Crippen molar-refractivity contribution in [1.29, 1.82) is 0 Å². The molecule has 0 bridgehead atoms. The van der Waals surface area contributed by atoms with Gasteiger partial charge in [0.2, 0.25) is 0 Å². The van der Waals surface area contributed by atoms with Crippen LogP contribution in [0, 0.1) is 0 Å². The zero-order chi connectivity index (χ0) is 14.0. The Balaban J connectivity index is 2.38. The zero-order valence-corrected chi connectivity index (χ0v) is 11.7. The molecular formula is C13H19N5O. The standard InChI is InChI=1S/C13H19N5O/c1-9(17(2)3)8-15-12-11-10(6-5-7-14-11)13(19)18(4)16-12/h5-7,9H,8H2,1-4H3,(H,15,16)/t9-/m0/s1. The molecule has 0 amide bonds. The van der Waals surface area contributed by atoms with Crippen molar-refractivity contribution < 1.29 is 0 Å². The van der Waals surface area contributed by atoms with E-state index in [0.29, 0.717) is 22.8 Å². The third-order valence-corrected chi connectivity index (χ3v) is 3.25. The van der Waals surface area contributed by atoms with Gasteiger partial charge in [-0.25, -0.2) is 4.68 Å². The number of hydrogen-bond donors (Lipinski definition) is 1. The van der Waals surface area contributed by atoms with Crippen LogP contribution in [0.15, 0.2) is 23.1 Å². The Morgan fingerprint density at radius 2 is 2.21 bits per heavy atom. The molecule has 0 aromatic carbocycles. The molecular weight excluding hydrogens is 242 g/mol. The Morgan fingerprint density at radius 3 is 2.89 bits per heavy atom. The first-order valence-electron chi connectivity index (χ1n) is 6.23. The molecule has 0 aliphatic carbocycles. The lowest BCUT2D eigenvalue weighted by molar-refractivity contribution is 0.326. The Kier molecular flexibility index (Phi) is 3.80. The monoisotopic (exact) mass is 261 g/mol. The number of nitrogens with zero attached hydrogens (tertiary/aromatic N) is 4. The van der Waals surface area contributed by atoms with Gasteiger partial charge in [0.25, 0.3) is 5.56 Å². The first-order valence-corrected chi connectivity index (χ1v) is 6.23. The highest BCUT2D eigenvalue weighted by molar-refractivity contribution is 5.86. The molecule has 2 aromatic rings. The molecule has 2 heterocycles. The third kappa shape index (κ3) is 2.73. The molecule has 0 unspecified atom stereocenters. The van der Waals surface area contributed by atoms with Gasteiger partial charge >= 0.3 is 0 Å². The first-order chi connectivity index (χ1) is 9.00. The van der Waals surface area contributed by atoms with E-state index in [1.165, 1.54) is 4.68 Å². The predicted octanol–water partition coefficient (Wildman–Crippen LogP) is 0.690. The van der Waals surface area contributed by atoms with Gasteiger partial charge in [0, 0.05) is 25.8 Å². The summed E-state index contributed by atoms with van der Waals surface area (Å²) in [5.41, 5.74) is 0.492. The molecule has 6 nitrogen and oxygen atoms in total. The van der Waals surface area contributed by atoms with Gasteiger partial charge in [0.15, 0.2) is 5.82 Å². The minimum Gasteiger partial charge on any atom is -0.365 e. The van der Waals surface area contributed by atoms with Crippen molar-refractivity contribution >= 4 is 16.7 Å². The molecule has 19 heavy (non-hydrogen) atoms. The summed E-state index contributed by atoms with van der Waals surface area (Å²) in [7, 11) is 5.70. The number of anilines is 1. The fraction of sp³-hybridized carbons (Fsp3) is 0.462. The van der Waals surface area contributed by atoms with Crippen molar-refractivity contribution in [3.8, 4) is 0 Å². The molecule has 0 saturated carbocycles. The first kappa shape index (κ1) is 13.5. The summed E-state index contributed by atoms with van der Waals surface area (Å²) in [4.78, 5) is 18.3. The summed E-state index contributed by atoms with van der Waals surface area (Å²) in [6.45, 7) is 2.86. The van der Waals surface area contributed by atoms with Crippen molar-refractivity contribution in [3.05, 3.63) is 28.7 Å². The number of rotatable bonds is 4. The molecule has 0 aliphatic rings. The Bertz CT molecular complexity index is 634. The average Bonchev–Trinajstić information content (AvgIpc) is 2.40. The largest absolute Gasteiger partial charge is 0.365 e. The third-order valence-electron chi connectivity index (χ3n) is 3.25. The van der Waals surface area contributed by atoms with E-state index in [9.17, 15) is 4.79 Å². The minimum atomic E-state index is -0.130. The maximum Gasteiger partial charge on any atom is 0.276 e. The molecule has 2 aromatic heterocycles. The van der Waals surface area contributed by atoms with Gasteiger partial charge < -0.3 is 10.2 Å². The fourth-order valence-corrected chi connectivity index (χ4v) is 1.73. The van der Waals surface area contributed by atoms with Gasteiger partial charge in [0.05, 0.1) is 5.39 Å². The van der Waals surface area contributed by atoms with Crippen LogP contribution in [0.2, 0.25) is 0 Å². The van der Waals surface area contributed by atoms with Gasteiger partial charge in [-0.05, 0) is 33.2 Å². The maximum atomic E-state index is 12.0. The van der Waals surface area contributed by atoms with Gasteiger partial charge in [-0.1, -0.05) is 0 Å². The Morgan fingerprint density at radius 1 is 1.47 bits per heavy atom. The molecule has 102 valence electrons. The van der Waals surface area contributed by atoms with Gasteiger partial charge in [-0.2, -0.15) is 5.10 Å². The predicted molar refractivity (Wildman–Crippen MR) is 76.4 cm³/mol. The van der Waals surface area contributed by atoms with Crippen LogP contribution in [0.25, 0.3) is 10.9 Å². The lowest BCUT2D eigenvalue weighted by atomic mass is 10.2. The molecule has 0 saturated heterocycles. The van der Waals surface area contributed by atoms with Crippen LogP contribution in [0.4, 0.5) is 5.82 Å². The second-order valence-corrected chi connectivity index (χ2v) is 4.87. The van der Waals surface area contributed by atoms with Crippen LogP contribution < -0.4 is 10.9 Å². The van der Waals surface area contributed by atoms with Crippen molar-refractivity contribution in [2.24, 2.45) is 7.05 Å².